The van der Waals surface area contributed by atoms with Crippen LogP contribution in [-0.2, 0) is 16.4 Å². The zero-order chi connectivity index (χ0) is 19.2. The van der Waals surface area contributed by atoms with E-state index < -0.39 is 14.6 Å². The van der Waals surface area contributed by atoms with Crippen LogP contribution in [0, 0.1) is 0 Å². The predicted molar refractivity (Wildman–Crippen MR) is 106 cm³/mol. The number of guanidine groups is 1. The fraction of sp³-hybridized carbons (Fsp3) is 0.632. The van der Waals surface area contributed by atoms with Crippen LogP contribution in [0.4, 0.5) is 0 Å². The summed E-state index contributed by atoms with van der Waals surface area (Å²) in [5.74, 6) is 1.77. The van der Waals surface area contributed by atoms with Gasteiger partial charge < -0.3 is 15.0 Å². The molecule has 1 saturated heterocycles. The zero-order valence-corrected chi connectivity index (χ0v) is 17.1. The summed E-state index contributed by atoms with van der Waals surface area (Å²) in [6.07, 6.45) is 0.973. The highest BCUT2D eigenvalue weighted by atomic mass is 32.2. The maximum Gasteiger partial charge on any atom is 0.194 e. The largest absolute Gasteiger partial charge is 0.494 e. The van der Waals surface area contributed by atoms with Crippen molar-refractivity contribution in [1.29, 1.82) is 0 Å². The number of rotatable bonds is 6. The van der Waals surface area contributed by atoms with E-state index in [4.69, 9.17) is 9.73 Å². The first kappa shape index (κ1) is 20.6. The van der Waals surface area contributed by atoms with Crippen molar-refractivity contribution < 1.29 is 13.2 Å². The summed E-state index contributed by atoms with van der Waals surface area (Å²) in [5.41, 5.74) is 1.07. The first-order valence-corrected chi connectivity index (χ1v) is 10.9. The van der Waals surface area contributed by atoms with E-state index in [1.165, 1.54) is 0 Å². The standard InChI is InChI=1S/C19H31N3O3S/c1-5-11-25-17-9-7-8-16(13-17)14-21-18(20-6-2)22-10-12-26(23,24)19(3,4)15-22/h7-9,13H,5-6,10-12,14-15H2,1-4H3,(H,20,21). The molecule has 0 bridgehead atoms. The van der Waals surface area contributed by atoms with E-state index in [-0.39, 0.29) is 5.75 Å². The smallest absolute Gasteiger partial charge is 0.194 e. The van der Waals surface area contributed by atoms with Crippen molar-refractivity contribution in [3.63, 3.8) is 0 Å². The number of ether oxygens (including phenoxy) is 1. The molecule has 0 amide bonds. The van der Waals surface area contributed by atoms with Crippen LogP contribution in [0.25, 0.3) is 0 Å². The normalized spacial score (nSPS) is 19.2. The van der Waals surface area contributed by atoms with E-state index in [0.29, 0.717) is 26.2 Å². The Kier molecular flexibility index (Phi) is 6.92. The van der Waals surface area contributed by atoms with Crippen molar-refractivity contribution in [3.8, 4) is 5.75 Å². The Hall–Kier alpha value is -1.76. The van der Waals surface area contributed by atoms with Crippen LogP contribution in [0.5, 0.6) is 5.75 Å². The van der Waals surface area contributed by atoms with Crippen LogP contribution in [-0.4, -0.2) is 56.0 Å². The van der Waals surface area contributed by atoms with Gasteiger partial charge in [0.05, 0.1) is 23.7 Å². The summed E-state index contributed by atoms with van der Waals surface area (Å²) < 4.78 is 29.4. The number of aliphatic imine (C=N–C) groups is 1. The summed E-state index contributed by atoms with van der Waals surface area (Å²) in [4.78, 5) is 6.77. The minimum atomic E-state index is -3.06. The van der Waals surface area contributed by atoms with E-state index in [9.17, 15) is 8.42 Å². The maximum atomic E-state index is 12.2. The lowest BCUT2D eigenvalue weighted by molar-refractivity contribution is 0.317. The second kappa shape index (κ2) is 8.75. The van der Waals surface area contributed by atoms with Crippen molar-refractivity contribution >= 4 is 15.8 Å². The predicted octanol–water partition coefficient (Wildman–Crippen LogP) is 2.45. The molecule has 0 saturated carbocycles. The molecule has 1 aromatic rings. The number of sulfone groups is 1. The minimum absolute atomic E-state index is 0.157. The van der Waals surface area contributed by atoms with Gasteiger partial charge in [0, 0.05) is 19.6 Å². The SMILES string of the molecule is CCCOc1cccc(CN=C(NCC)N2CCS(=O)(=O)C(C)(C)C2)c1. The van der Waals surface area contributed by atoms with Crippen LogP contribution >= 0.6 is 0 Å². The lowest BCUT2D eigenvalue weighted by atomic mass is 10.2. The van der Waals surface area contributed by atoms with Gasteiger partial charge in [-0.25, -0.2) is 13.4 Å². The topological polar surface area (TPSA) is 71.0 Å². The Morgan fingerprint density at radius 2 is 2.12 bits per heavy atom. The third kappa shape index (κ3) is 5.13. The molecule has 0 aliphatic carbocycles. The summed E-state index contributed by atoms with van der Waals surface area (Å²) in [6.45, 7) is 10.5. The number of hydrogen-bond donors (Lipinski definition) is 1. The molecule has 2 rings (SSSR count). The highest BCUT2D eigenvalue weighted by molar-refractivity contribution is 7.92. The van der Waals surface area contributed by atoms with Crippen molar-refractivity contribution in [2.24, 2.45) is 4.99 Å². The Balaban J connectivity index is 2.12. The van der Waals surface area contributed by atoms with E-state index in [1.807, 2.05) is 36.1 Å². The van der Waals surface area contributed by atoms with Crippen molar-refractivity contribution in [2.75, 3.05) is 32.0 Å². The second-order valence-corrected chi connectivity index (χ2v) is 9.91. The van der Waals surface area contributed by atoms with Gasteiger partial charge in [-0.3, -0.25) is 0 Å². The molecule has 6 nitrogen and oxygen atoms in total. The van der Waals surface area contributed by atoms with Crippen molar-refractivity contribution in [2.45, 2.75) is 45.4 Å². The lowest BCUT2D eigenvalue weighted by Gasteiger charge is -2.39. The summed E-state index contributed by atoms with van der Waals surface area (Å²) in [7, 11) is -3.06. The number of nitrogens with one attached hydrogen (secondary N) is 1. The van der Waals surface area contributed by atoms with Crippen LogP contribution < -0.4 is 10.1 Å². The molecular weight excluding hydrogens is 350 g/mol. The van der Waals surface area contributed by atoms with Gasteiger partial charge in [-0.15, -0.1) is 0 Å². The van der Waals surface area contributed by atoms with Crippen LogP contribution in [0.15, 0.2) is 29.3 Å². The summed E-state index contributed by atoms with van der Waals surface area (Å²) in [6, 6.07) is 7.95. The molecule has 7 heteroatoms. The van der Waals surface area contributed by atoms with Crippen molar-refractivity contribution in [1.82, 2.24) is 10.2 Å². The van der Waals surface area contributed by atoms with Gasteiger partial charge in [-0.2, -0.15) is 0 Å². The van der Waals surface area contributed by atoms with Gasteiger partial charge in [0.1, 0.15) is 5.75 Å². The number of nitrogens with zero attached hydrogens (tertiary/aromatic N) is 2. The highest BCUT2D eigenvalue weighted by Crippen LogP contribution is 2.24. The van der Waals surface area contributed by atoms with Gasteiger partial charge in [0.25, 0.3) is 0 Å². The molecule has 1 N–H and O–H groups in total. The molecule has 0 unspecified atom stereocenters. The van der Waals surface area contributed by atoms with E-state index in [2.05, 4.69) is 12.2 Å². The van der Waals surface area contributed by atoms with E-state index in [1.54, 1.807) is 13.8 Å². The Labute approximate surface area is 157 Å². The molecule has 1 aliphatic heterocycles. The van der Waals surface area contributed by atoms with Gasteiger partial charge in [-0.05, 0) is 44.9 Å². The molecule has 1 aliphatic rings. The molecular formula is C19H31N3O3S. The fourth-order valence-electron chi connectivity index (χ4n) is 2.87. The second-order valence-electron chi connectivity index (χ2n) is 7.17. The quantitative estimate of drug-likeness (QED) is 0.605. The van der Waals surface area contributed by atoms with Gasteiger partial charge in [-0.1, -0.05) is 19.1 Å². The van der Waals surface area contributed by atoms with Gasteiger partial charge >= 0.3 is 0 Å². The highest BCUT2D eigenvalue weighted by Gasteiger charge is 2.40. The first-order chi connectivity index (χ1) is 12.3. The van der Waals surface area contributed by atoms with E-state index >= 15 is 0 Å². The molecule has 26 heavy (non-hydrogen) atoms. The minimum Gasteiger partial charge on any atom is -0.494 e. The summed E-state index contributed by atoms with van der Waals surface area (Å²) in [5, 5.41) is 3.29. The van der Waals surface area contributed by atoms with Gasteiger partial charge in [0.2, 0.25) is 0 Å². The number of benzene rings is 1. The lowest BCUT2D eigenvalue weighted by Crippen LogP contribution is -2.57. The zero-order valence-electron chi connectivity index (χ0n) is 16.3. The van der Waals surface area contributed by atoms with Crippen LogP contribution in [0.2, 0.25) is 0 Å². The molecule has 1 heterocycles. The molecule has 0 aromatic heterocycles. The average molecular weight is 382 g/mol. The molecule has 1 fully saturated rings. The number of hydrogen-bond acceptors (Lipinski definition) is 4. The molecule has 0 spiro atoms. The maximum absolute atomic E-state index is 12.2. The summed E-state index contributed by atoms with van der Waals surface area (Å²) >= 11 is 0. The fourth-order valence-corrected chi connectivity index (χ4v) is 4.24. The van der Waals surface area contributed by atoms with E-state index in [0.717, 1.165) is 30.2 Å². The molecule has 0 atom stereocenters. The average Bonchev–Trinajstić information content (AvgIpc) is 2.59. The van der Waals surface area contributed by atoms with Gasteiger partial charge in [0.15, 0.2) is 15.8 Å². The molecule has 146 valence electrons. The first-order valence-electron chi connectivity index (χ1n) is 9.26. The monoisotopic (exact) mass is 381 g/mol. The Bertz CT molecular complexity index is 729. The Morgan fingerprint density at radius 3 is 2.77 bits per heavy atom. The van der Waals surface area contributed by atoms with Crippen LogP contribution in [0.3, 0.4) is 0 Å². The molecule has 1 aromatic carbocycles. The van der Waals surface area contributed by atoms with Crippen LogP contribution in [0.1, 0.15) is 39.7 Å². The Morgan fingerprint density at radius 1 is 1.35 bits per heavy atom. The third-order valence-electron chi connectivity index (χ3n) is 4.46. The van der Waals surface area contributed by atoms with Crippen molar-refractivity contribution in [3.05, 3.63) is 29.8 Å². The molecule has 0 radical (unpaired) electrons. The third-order valence-corrected chi connectivity index (χ3v) is 6.99.